The van der Waals surface area contributed by atoms with Crippen LogP contribution in [0, 0.1) is 16.7 Å². The first kappa shape index (κ1) is 29.1. The molecule has 3 fully saturated rings. The summed E-state index contributed by atoms with van der Waals surface area (Å²) in [6.45, 7) is 4.81. The van der Waals surface area contributed by atoms with Crippen LogP contribution in [0.25, 0.3) is 0 Å². The largest absolute Gasteiger partial charge is 0.492 e. The van der Waals surface area contributed by atoms with E-state index in [4.69, 9.17) is 20.9 Å². The van der Waals surface area contributed by atoms with E-state index in [1.54, 1.807) is 18.2 Å². The molecule has 9 heteroatoms. The molecule has 2 aromatic rings. The minimum absolute atomic E-state index is 0.000575. The number of carbonyl (C=O) groups excluding carboxylic acids is 1. The molecule has 4 aliphatic carbocycles. The second-order valence-electron chi connectivity index (χ2n) is 12.9. The van der Waals surface area contributed by atoms with E-state index in [1.807, 2.05) is 6.07 Å². The number of carbonyl (C=O) groups is 2. The highest BCUT2D eigenvalue weighted by Crippen LogP contribution is 2.57. The van der Waals surface area contributed by atoms with Gasteiger partial charge in [-0.05, 0) is 110 Å². The standard InChI is InChI=1S/C20H19ClO3.C11H18O4S/c21-16-4-5-17-13(11-16)2-1-8-20(17)9-7-14-10-15(19(22)23)3-6-18(14)24-12-20;1-10(2)6-11(7-16(13,14)15)4-3-8(10)5-9(11)12/h3-6,10-11H,1-2,7-9,12H2,(H,22,23);8H,3-7H2,1-2H3,(H,13,14,15)/t20-;8-,11-/m01/s1. The molecule has 7 rings (SSSR count). The van der Waals surface area contributed by atoms with Crippen LogP contribution in [0.5, 0.6) is 5.75 Å². The monoisotopic (exact) mass is 588 g/mol. The number of aromatic carboxylic acids is 1. The van der Waals surface area contributed by atoms with Crippen LogP contribution in [0.3, 0.4) is 0 Å². The number of carboxylic acid groups (broad SMARTS) is 1. The molecule has 1 heterocycles. The Morgan fingerprint density at radius 1 is 1.07 bits per heavy atom. The fourth-order valence-electron chi connectivity index (χ4n) is 7.71. The molecule has 1 aliphatic heterocycles. The van der Waals surface area contributed by atoms with Crippen LogP contribution >= 0.6 is 11.6 Å². The maximum atomic E-state index is 12.0. The second-order valence-corrected chi connectivity index (χ2v) is 14.8. The molecule has 7 nitrogen and oxygen atoms in total. The number of ether oxygens (including phenoxy) is 1. The lowest BCUT2D eigenvalue weighted by atomic mass is 9.51. The average Bonchev–Trinajstić information content (AvgIpc) is 3.04. The zero-order chi connectivity index (χ0) is 28.9. The third-order valence-electron chi connectivity index (χ3n) is 9.78. The van der Waals surface area contributed by atoms with Gasteiger partial charge >= 0.3 is 5.97 Å². The highest BCUT2D eigenvalue weighted by atomic mass is 35.5. The molecule has 0 amide bonds. The molecule has 0 saturated heterocycles. The zero-order valence-electron chi connectivity index (χ0n) is 23.0. The van der Waals surface area contributed by atoms with Crippen LogP contribution in [-0.4, -0.2) is 42.2 Å². The van der Waals surface area contributed by atoms with Gasteiger partial charge in [-0.1, -0.05) is 31.5 Å². The van der Waals surface area contributed by atoms with Gasteiger partial charge in [0.2, 0.25) is 0 Å². The Bertz CT molecular complexity index is 1450. The first-order chi connectivity index (χ1) is 18.7. The number of benzene rings is 2. The van der Waals surface area contributed by atoms with Gasteiger partial charge in [-0.25, -0.2) is 4.79 Å². The molecule has 3 atom stereocenters. The van der Waals surface area contributed by atoms with Crippen molar-refractivity contribution in [3.63, 3.8) is 0 Å². The quantitative estimate of drug-likeness (QED) is 0.404. The molecule has 5 aliphatic rings. The Morgan fingerprint density at radius 2 is 1.85 bits per heavy atom. The Hall–Kier alpha value is -2.42. The number of carboxylic acids is 1. The van der Waals surface area contributed by atoms with Crippen molar-refractivity contribution >= 4 is 33.5 Å². The van der Waals surface area contributed by atoms with Crippen LogP contribution in [0.4, 0.5) is 0 Å². The fourth-order valence-corrected chi connectivity index (χ4v) is 9.01. The lowest BCUT2D eigenvalue weighted by molar-refractivity contribution is -0.144. The highest BCUT2D eigenvalue weighted by molar-refractivity contribution is 7.85. The zero-order valence-corrected chi connectivity index (χ0v) is 24.6. The lowest BCUT2D eigenvalue weighted by Crippen LogP contribution is -2.53. The predicted octanol–water partition coefficient (Wildman–Crippen LogP) is 6.30. The summed E-state index contributed by atoms with van der Waals surface area (Å²) < 4.78 is 37.2. The number of hydrogen-bond donors (Lipinski definition) is 2. The molecular formula is C31H37ClO7S. The van der Waals surface area contributed by atoms with Gasteiger partial charge in [0.15, 0.2) is 0 Å². The SMILES string of the molecule is CC1(C)C[C@@]2(CS(=O)(=O)O)CC[C@@H]1CC2=O.O=C(O)c1ccc2c(c1)CC[C@@]1(CCCc3cc(Cl)ccc31)CO2. The van der Waals surface area contributed by atoms with Gasteiger partial charge in [0.1, 0.15) is 11.5 Å². The van der Waals surface area contributed by atoms with Crippen molar-refractivity contribution in [1.29, 1.82) is 0 Å². The summed E-state index contributed by atoms with van der Waals surface area (Å²) >= 11 is 6.17. The van der Waals surface area contributed by atoms with E-state index in [0.717, 1.165) is 54.9 Å². The van der Waals surface area contributed by atoms with Gasteiger partial charge < -0.3 is 9.84 Å². The van der Waals surface area contributed by atoms with Crippen molar-refractivity contribution in [3.8, 4) is 5.75 Å². The predicted molar refractivity (Wildman–Crippen MR) is 153 cm³/mol. The van der Waals surface area contributed by atoms with E-state index in [-0.39, 0.29) is 16.6 Å². The van der Waals surface area contributed by atoms with E-state index in [2.05, 4.69) is 26.0 Å². The van der Waals surface area contributed by atoms with Crippen LogP contribution in [0.2, 0.25) is 5.02 Å². The fraction of sp³-hybridized carbons (Fsp3) is 0.548. The maximum Gasteiger partial charge on any atom is 0.335 e. The van der Waals surface area contributed by atoms with Gasteiger partial charge in [0.25, 0.3) is 10.1 Å². The van der Waals surface area contributed by atoms with Gasteiger partial charge in [-0.2, -0.15) is 8.42 Å². The number of Topliss-reactive ketones (excluding diaryl/α,β-unsaturated/α-hetero) is 1. The van der Waals surface area contributed by atoms with E-state index in [1.165, 1.54) is 11.1 Å². The molecule has 216 valence electrons. The van der Waals surface area contributed by atoms with Crippen molar-refractivity contribution in [1.82, 2.24) is 0 Å². The Labute approximate surface area is 241 Å². The summed E-state index contributed by atoms with van der Waals surface area (Å²) in [7, 11) is -4.07. The van der Waals surface area contributed by atoms with Crippen molar-refractivity contribution < 1.29 is 32.4 Å². The summed E-state index contributed by atoms with van der Waals surface area (Å²) in [5.41, 5.74) is 3.19. The number of ketones is 1. The van der Waals surface area contributed by atoms with Gasteiger partial charge in [-0.15, -0.1) is 0 Å². The summed E-state index contributed by atoms with van der Waals surface area (Å²) in [5, 5.41) is 9.99. The third-order valence-corrected chi connectivity index (χ3v) is 10.9. The smallest absolute Gasteiger partial charge is 0.335 e. The lowest BCUT2D eigenvalue weighted by Gasteiger charge is -2.53. The molecule has 2 N–H and O–H groups in total. The summed E-state index contributed by atoms with van der Waals surface area (Å²) in [5.74, 6) is -0.0639. The molecular weight excluding hydrogens is 552 g/mol. The van der Waals surface area contributed by atoms with E-state index >= 15 is 0 Å². The Morgan fingerprint density at radius 3 is 2.52 bits per heavy atom. The molecule has 2 aromatic carbocycles. The van der Waals surface area contributed by atoms with Crippen molar-refractivity contribution in [2.24, 2.45) is 16.7 Å². The molecule has 1 spiro atoms. The molecule has 2 bridgehead atoms. The second kappa shape index (κ2) is 10.4. The summed E-state index contributed by atoms with van der Waals surface area (Å²) in [6, 6.07) is 11.4. The van der Waals surface area contributed by atoms with E-state index < -0.39 is 27.3 Å². The topological polar surface area (TPSA) is 118 Å². The number of rotatable bonds is 3. The number of fused-ring (bicyclic) bond motifs is 6. The maximum absolute atomic E-state index is 12.0. The Balaban J connectivity index is 0.000000176. The molecule has 0 unspecified atom stereocenters. The summed E-state index contributed by atoms with van der Waals surface area (Å²) in [4.78, 5) is 23.2. The first-order valence-corrected chi connectivity index (χ1v) is 16.0. The van der Waals surface area contributed by atoms with Crippen LogP contribution in [0.15, 0.2) is 36.4 Å². The third kappa shape index (κ3) is 5.68. The van der Waals surface area contributed by atoms with Crippen LogP contribution in [-0.2, 0) is 33.2 Å². The van der Waals surface area contributed by atoms with Gasteiger partial charge in [0.05, 0.1) is 17.9 Å². The first-order valence-electron chi connectivity index (χ1n) is 14.0. The molecule has 0 radical (unpaired) electrons. The molecule has 40 heavy (non-hydrogen) atoms. The summed E-state index contributed by atoms with van der Waals surface area (Å²) in [6.07, 6.45) is 7.67. The molecule has 0 aromatic heterocycles. The van der Waals surface area contributed by atoms with Crippen LogP contribution in [0.1, 0.15) is 85.8 Å². The normalized spacial score (nSPS) is 28.4. The minimum Gasteiger partial charge on any atom is -0.492 e. The van der Waals surface area contributed by atoms with Crippen LogP contribution < -0.4 is 4.74 Å². The van der Waals surface area contributed by atoms with Crippen molar-refractivity contribution in [3.05, 3.63) is 63.7 Å². The van der Waals surface area contributed by atoms with E-state index in [9.17, 15) is 23.1 Å². The van der Waals surface area contributed by atoms with Gasteiger partial charge in [0, 0.05) is 22.3 Å². The average molecular weight is 589 g/mol. The Kier molecular flexibility index (Phi) is 7.60. The van der Waals surface area contributed by atoms with E-state index in [0.29, 0.717) is 37.4 Å². The minimum atomic E-state index is -4.07. The van der Waals surface area contributed by atoms with Crippen molar-refractivity contribution in [2.75, 3.05) is 12.4 Å². The van der Waals surface area contributed by atoms with Gasteiger partial charge in [-0.3, -0.25) is 9.35 Å². The number of hydrogen-bond acceptors (Lipinski definition) is 5. The number of aryl methyl sites for hydroxylation is 2. The highest BCUT2D eigenvalue weighted by Gasteiger charge is 2.56. The molecule has 3 saturated carbocycles. The number of halogens is 1. The van der Waals surface area contributed by atoms with Crippen molar-refractivity contribution in [2.45, 2.75) is 77.0 Å².